The fraction of sp³-hybridized carbons (Fsp3) is 0.278. The summed E-state index contributed by atoms with van der Waals surface area (Å²) in [6.45, 7) is 5.43. The van der Waals surface area contributed by atoms with E-state index in [1.807, 2.05) is 6.92 Å². The topological polar surface area (TPSA) is 107 Å². The third-order valence-corrected chi connectivity index (χ3v) is 4.44. The fourth-order valence-electron chi connectivity index (χ4n) is 2.03. The SMILES string of the molecule is CCOC(=O)/C(C)=N\Nc1ccc(Oc2ccc(S(C)(=O)=O)nc2)cc1C. The minimum absolute atomic E-state index is 0.0135. The van der Waals surface area contributed by atoms with Crippen LogP contribution in [0.3, 0.4) is 0 Å². The lowest BCUT2D eigenvalue weighted by Crippen LogP contribution is -2.15. The molecule has 1 heterocycles. The van der Waals surface area contributed by atoms with Crippen LogP contribution >= 0.6 is 0 Å². The van der Waals surface area contributed by atoms with Gasteiger partial charge in [-0.3, -0.25) is 5.43 Å². The molecule has 0 aliphatic carbocycles. The van der Waals surface area contributed by atoms with Crippen molar-refractivity contribution in [2.24, 2.45) is 5.10 Å². The number of nitrogens with one attached hydrogen (secondary N) is 1. The molecule has 0 saturated heterocycles. The van der Waals surface area contributed by atoms with Crippen LogP contribution in [0.15, 0.2) is 46.7 Å². The van der Waals surface area contributed by atoms with Crippen molar-refractivity contribution < 1.29 is 22.7 Å². The predicted octanol–water partition coefficient (Wildman–Crippen LogP) is 2.94. The third kappa shape index (κ3) is 5.78. The molecule has 27 heavy (non-hydrogen) atoms. The number of ether oxygens (including phenoxy) is 2. The average Bonchev–Trinajstić information content (AvgIpc) is 2.60. The van der Waals surface area contributed by atoms with E-state index in [0.29, 0.717) is 17.2 Å². The number of benzene rings is 1. The Kier molecular flexibility index (Phi) is 6.51. The average molecular weight is 391 g/mol. The molecule has 144 valence electrons. The lowest BCUT2D eigenvalue weighted by molar-refractivity contribution is -0.135. The largest absolute Gasteiger partial charge is 0.461 e. The Hall–Kier alpha value is -2.94. The van der Waals surface area contributed by atoms with Gasteiger partial charge in [-0.15, -0.1) is 0 Å². The van der Waals surface area contributed by atoms with Crippen LogP contribution in [0.2, 0.25) is 0 Å². The van der Waals surface area contributed by atoms with E-state index in [4.69, 9.17) is 9.47 Å². The number of hydrazone groups is 1. The van der Waals surface area contributed by atoms with E-state index in [0.717, 1.165) is 11.8 Å². The third-order valence-electron chi connectivity index (χ3n) is 3.44. The normalized spacial score (nSPS) is 11.8. The molecule has 0 spiro atoms. The molecule has 0 unspecified atom stereocenters. The van der Waals surface area contributed by atoms with E-state index in [9.17, 15) is 13.2 Å². The van der Waals surface area contributed by atoms with Gasteiger partial charge in [0.15, 0.2) is 14.9 Å². The van der Waals surface area contributed by atoms with Gasteiger partial charge in [0, 0.05) is 6.26 Å². The van der Waals surface area contributed by atoms with Crippen molar-refractivity contribution in [1.82, 2.24) is 4.98 Å². The van der Waals surface area contributed by atoms with Crippen LogP contribution in [0.1, 0.15) is 19.4 Å². The summed E-state index contributed by atoms with van der Waals surface area (Å²) < 4.78 is 33.4. The zero-order valence-electron chi connectivity index (χ0n) is 15.5. The number of hydrogen-bond acceptors (Lipinski definition) is 8. The Morgan fingerprint density at radius 1 is 1.22 bits per heavy atom. The Morgan fingerprint density at radius 2 is 1.93 bits per heavy atom. The summed E-state index contributed by atoms with van der Waals surface area (Å²) >= 11 is 0. The van der Waals surface area contributed by atoms with E-state index in [1.165, 1.54) is 18.3 Å². The minimum atomic E-state index is -3.35. The summed E-state index contributed by atoms with van der Waals surface area (Å²) in [5.41, 5.74) is 4.58. The first-order chi connectivity index (χ1) is 12.7. The molecule has 2 rings (SSSR count). The second-order valence-electron chi connectivity index (χ2n) is 5.71. The summed E-state index contributed by atoms with van der Waals surface area (Å²) in [6, 6.07) is 8.18. The first-order valence-corrected chi connectivity index (χ1v) is 10.0. The molecule has 0 aliphatic rings. The van der Waals surface area contributed by atoms with Gasteiger partial charge in [-0.2, -0.15) is 5.10 Å². The van der Waals surface area contributed by atoms with Gasteiger partial charge in [0.05, 0.1) is 18.5 Å². The van der Waals surface area contributed by atoms with Crippen molar-refractivity contribution >= 4 is 27.2 Å². The van der Waals surface area contributed by atoms with E-state index in [1.54, 1.807) is 32.0 Å². The molecule has 0 fully saturated rings. The number of aromatic nitrogens is 1. The van der Waals surface area contributed by atoms with Crippen molar-refractivity contribution in [3.8, 4) is 11.5 Å². The van der Waals surface area contributed by atoms with Crippen molar-refractivity contribution in [1.29, 1.82) is 0 Å². The highest BCUT2D eigenvalue weighted by Gasteiger charge is 2.10. The molecule has 0 aliphatic heterocycles. The van der Waals surface area contributed by atoms with Crippen LogP contribution in [0.4, 0.5) is 5.69 Å². The smallest absolute Gasteiger partial charge is 0.354 e. The van der Waals surface area contributed by atoms with Crippen LogP contribution in [0.25, 0.3) is 0 Å². The number of anilines is 1. The maximum atomic E-state index is 11.5. The van der Waals surface area contributed by atoms with Gasteiger partial charge < -0.3 is 9.47 Å². The molecule has 2 aromatic rings. The van der Waals surface area contributed by atoms with Crippen molar-refractivity contribution in [2.75, 3.05) is 18.3 Å². The summed E-state index contributed by atoms with van der Waals surface area (Å²) in [5, 5.41) is 3.99. The first kappa shape index (κ1) is 20.4. The van der Waals surface area contributed by atoms with Gasteiger partial charge in [0.2, 0.25) is 0 Å². The number of pyridine rings is 1. The monoisotopic (exact) mass is 391 g/mol. The maximum Gasteiger partial charge on any atom is 0.354 e. The summed E-state index contributed by atoms with van der Waals surface area (Å²) in [7, 11) is -3.35. The molecular weight excluding hydrogens is 370 g/mol. The maximum absolute atomic E-state index is 11.5. The van der Waals surface area contributed by atoms with Crippen molar-refractivity contribution in [3.63, 3.8) is 0 Å². The van der Waals surface area contributed by atoms with Crippen LogP contribution in [0, 0.1) is 6.92 Å². The molecule has 8 nitrogen and oxygen atoms in total. The molecule has 9 heteroatoms. The van der Waals surface area contributed by atoms with Crippen LogP contribution < -0.4 is 10.2 Å². The number of esters is 1. The molecule has 0 radical (unpaired) electrons. The number of carbonyl (C=O) groups excluding carboxylic acids is 1. The summed E-state index contributed by atoms with van der Waals surface area (Å²) in [4.78, 5) is 15.4. The summed E-state index contributed by atoms with van der Waals surface area (Å²) in [5.74, 6) is 0.490. The van der Waals surface area contributed by atoms with Crippen molar-refractivity contribution in [3.05, 3.63) is 42.1 Å². The number of sulfone groups is 1. The number of nitrogens with zero attached hydrogens (tertiary/aromatic N) is 2. The highest BCUT2D eigenvalue weighted by atomic mass is 32.2. The number of carbonyl (C=O) groups is 1. The Bertz CT molecular complexity index is 953. The van der Waals surface area contributed by atoms with Gasteiger partial charge in [-0.05, 0) is 56.7 Å². The molecule has 0 bridgehead atoms. The Balaban J connectivity index is 2.08. The molecular formula is C18H21N3O5S. The quantitative estimate of drug-likeness (QED) is 0.439. The van der Waals surface area contributed by atoms with Gasteiger partial charge in [-0.1, -0.05) is 0 Å². The molecule has 1 N–H and O–H groups in total. The van der Waals surface area contributed by atoms with Crippen molar-refractivity contribution in [2.45, 2.75) is 25.8 Å². The predicted molar refractivity (Wildman–Crippen MR) is 102 cm³/mol. The van der Waals surface area contributed by atoms with Crippen LogP contribution in [-0.2, 0) is 19.4 Å². The standard InChI is InChI=1S/C18H21N3O5S/c1-5-25-18(22)13(3)20-21-16-8-6-14(10-12(16)2)26-15-7-9-17(19-11-15)27(4,23)24/h6-11,21H,5H2,1-4H3/b20-13-. The van der Waals surface area contributed by atoms with E-state index in [2.05, 4.69) is 15.5 Å². The molecule has 0 amide bonds. The molecule has 0 atom stereocenters. The number of hydrogen-bond donors (Lipinski definition) is 1. The highest BCUT2D eigenvalue weighted by molar-refractivity contribution is 7.90. The van der Waals surface area contributed by atoms with E-state index >= 15 is 0 Å². The second-order valence-corrected chi connectivity index (χ2v) is 7.68. The Morgan fingerprint density at radius 3 is 2.48 bits per heavy atom. The van der Waals surface area contributed by atoms with E-state index < -0.39 is 15.8 Å². The zero-order valence-corrected chi connectivity index (χ0v) is 16.3. The lowest BCUT2D eigenvalue weighted by atomic mass is 10.2. The van der Waals surface area contributed by atoms with E-state index in [-0.39, 0.29) is 17.3 Å². The molecule has 1 aromatic heterocycles. The van der Waals surface area contributed by atoms with Gasteiger partial charge in [0.25, 0.3) is 0 Å². The zero-order chi connectivity index (χ0) is 20.0. The highest BCUT2D eigenvalue weighted by Crippen LogP contribution is 2.26. The van der Waals surface area contributed by atoms with Gasteiger partial charge >= 0.3 is 5.97 Å². The molecule has 1 aromatic carbocycles. The molecule has 0 saturated carbocycles. The summed E-state index contributed by atoms with van der Waals surface area (Å²) in [6.07, 6.45) is 2.45. The lowest BCUT2D eigenvalue weighted by Gasteiger charge is -2.10. The Labute approximate surface area is 158 Å². The minimum Gasteiger partial charge on any atom is -0.461 e. The fourth-order valence-corrected chi connectivity index (χ4v) is 2.59. The second kappa shape index (κ2) is 8.63. The van der Waals surface area contributed by atoms with Gasteiger partial charge in [0.1, 0.15) is 17.2 Å². The van der Waals surface area contributed by atoms with Gasteiger partial charge in [-0.25, -0.2) is 18.2 Å². The van der Waals surface area contributed by atoms with Crippen LogP contribution in [0.5, 0.6) is 11.5 Å². The number of rotatable bonds is 7. The number of aryl methyl sites for hydroxylation is 1. The first-order valence-electron chi connectivity index (χ1n) is 8.12. The van der Waals surface area contributed by atoms with Crippen LogP contribution in [-0.4, -0.2) is 37.9 Å².